The van der Waals surface area contributed by atoms with E-state index in [-0.39, 0.29) is 0 Å². The van der Waals surface area contributed by atoms with Crippen molar-refractivity contribution in [2.75, 3.05) is 0 Å². The van der Waals surface area contributed by atoms with Crippen LogP contribution in [0.5, 0.6) is 0 Å². The zero-order chi connectivity index (χ0) is 10.7. The van der Waals surface area contributed by atoms with E-state index in [0.29, 0.717) is 6.04 Å². The molecule has 1 N–H and O–H groups in total. The number of thiazole rings is 1. The van der Waals surface area contributed by atoms with Gasteiger partial charge in [-0.25, -0.2) is 4.98 Å². The molecule has 0 spiro atoms. The van der Waals surface area contributed by atoms with Gasteiger partial charge in [-0.05, 0) is 39.9 Å². The number of thiophene rings is 1. The van der Waals surface area contributed by atoms with E-state index < -0.39 is 0 Å². The van der Waals surface area contributed by atoms with Gasteiger partial charge in [-0.3, -0.25) is 0 Å². The fourth-order valence-electron chi connectivity index (χ4n) is 1.25. The molecule has 2 nitrogen and oxygen atoms in total. The van der Waals surface area contributed by atoms with Gasteiger partial charge in [-0.15, -0.1) is 22.7 Å². The van der Waals surface area contributed by atoms with Crippen molar-refractivity contribution >= 4 is 38.6 Å². The molecule has 5 heteroatoms. The smallest absolute Gasteiger partial charge is 0.109 e. The Kier molecular flexibility index (Phi) is 3.91. The second kappa shape index (κ2) is 5.21. The molecular weight excluding hydrogens is 292 g/mol. The Labute approximate surface area is 106 Å². The Morgan fingerprint density at radius 2 is 2.40 bits per heavy atom. The number of hydrogen-bond donors (Lipinski definition) is 1. The number of aromatic nitrogens is 1. The Balaban J connectivity index is 1.88. The third-order valence-corrected chi connectivity index (χ3v) is 4.57. The lowest BCUT2D eigenvalue weighted by Crippen LogP contribution is -2.17. The van der Waals surface area contributed by atoms with Crippen LogP contribution in [0.3, 0.4) is 0 Å². The van der Waals surface area contributed by atoms with E-state index >= 15 is 0 Å². The lowest BCUT2D eigenvalue weighted by atomic mass is 10.3. The van der Waals surface area contributed by atoms with E-state index in [4.69, 9.17) is 0 Å². The van der Waals surface area contributed by atoms with Crippen LogP contribution in [-0.4, -0.2) is 4.98 Å². The molecule has 0 saturated heterocycles. The van der Waals surface area contributed by atoms with Crippen LogP contribution in [0.4, 0.5) is 0 Å². The zero-order valence-corrected chi connectivity index (χ0v) is 11.5. The van der Waals surface area contributed by atoms with Gasteiger partial charge in [0.05, 0.1) is 9.83 Å². The maximum Gasteiger partial charge on any atom is 0.109 e. The van der Waals surface area contributed by atoms with Crippen molar-refractivity contribution in [2.45, 2.75) is 19.5 Å². The monoisotopic (exact) mass is 302 g/mol. The van der Waals surface area contributed by atoms with E-state index in [0.717, 1.165) is 11.6 Å². The minimum absolute atomic E-state index is 0.323. The van der Waals surface area contributed by atoms with E-state index in [2.05, 4.69) is 44.6 Å². The van der Waals surface area contributed by atoms with Crippen LogP contribution in [0.25, 0.3) is 0 Å². The van der Waals surface area contributed by atoms with Gasteiger partial charge < -0.3 is 5.32 Å². The van der Waals surface area contributed by atoms with Crippen LogP contribution >= 0.6 is 38.6 Å². The first-order valence-corrected chi connectivity index (χ1v) is 7.16. The quantitative estimate of drug-likeness (QED) is 0.929. The molecule has 2 aromatic rings. The van der Waals surface area contributed by atoms with Gasteiger partial charge in [-0.2, -0.15) is 0 Å². The minimum atomic E-state index is 0.323. The SMILES string of the molecule is CC(NCc1csc(Br)c1)c1nccs1. The summed E-state index contributed by atoms with van der Waals surface area (Å²) in [5, 5.41) is 8.76. The molecule has 15 heavy (non-hydrogen) atoms. The standard InChI is InChI=1S/C10H11BrN2S2/c1-7(10-12-2-3-14-10)13-5-8-4-9(11)15-6-8/h2-4,6-7,13H,5H2,1H3. The highest BCUT2D eigenvalue weighted by Crippen LogP contribution is 2.21. The maximum atomic E-state index is 4.28. The molecule has 0 fully saturated rings. The summed E-state index contributed by atoms with van der Waals surface area (Å²) in [6.07, 6.45) is 1.85. The number of rotatable bonds is 4. The molecule has 2 heterocycles. The van der Waals surface area contributed by atoms with Crippen LogP contribution in [0, 0.1) is 0 Å². The summed E-state index contributed by atoms with van der Waals surface area (Å²) < 4.78 is 1.18. The largest absolute Gasteiger partial charge is 0.304 e. The maximum absolute atomic E-state index is 4.28. The molecule has 1 unspecified atom stereocenters. The Morgan fingerprint density at radius 1 is 1.53 bits per heavy atom. The van der Waals surface area contributed by atoms with Crippen molar-refractivity contribution in [3.63, 3.8) is 0 Å². The van der Waals surface area contributed by atoms with Crippen molar-refractivity contribution < 1.29 is 0 Å². The minimum Gasteiger partial charge on any atom is -0.304 e. The third kappa shape index (κ3) is 3.11. The van der Waals surface area contributed by atoms with Crippen LogP contribution < -0.4 is 5.32 Å². The van der Waals surface area contributed by atoms with Crippen molar-refractivity contribution in [3.05, 3.63) is 37.4 Å². The number of hydrogen-bond acceptors (Lipinski definition) is 4. The lowest BCUT2D eigenvalue weighted by Gasteiger charge is -2.09. The van der Waals surface area contributed by atoms with Gasteiger partial charge >= 0.3 is 0 Å². The van der Waals surface area contributed by atoms with Gasteiger partial charge in [0.2, 0.25) is 0 Å². The van der Waals surface area contributed by atoms with E-state index in [1.54, 1.807) is 22.7 Å². The van der Waals surface area contributed by atoms with Crippen molar-refractivity contribution in [3.8, 4) is 0 Å². The summed E-state index contributed by atoms with van der Waals surface area (Å²) in [6.45, 7) is 3.03. The summed E-state index contributed by atoms with van der Waals surface area (Å²) in [6, 6.07) is 2.47. The first-order valence-electron chi connectivity index (χ1n) is 4.61. The molecule has 0 aliphatic rings. The number of halogens is 1. The highest BCUT2D eigenvalue weighted by molar-refractivity contribution is 9.11. The third-order valence-electron chi connectivity index (χ3n) is 2.06. The van der Waals surface area contributed by atoms with Gasteiger partial charge in [-0.1, -0.05) is 0 Å². The summed E-state index contributed by atoms with van der Waals surface area (Å²) in [5.74, 6) is 0. The fraction of sp³-hybridized carbons (Fsp3) is 0.300. The fourth-order valence-corrected chi connectivity index (χ4v) is 3.12. The molecule has 0 radical (unpaired) electrons. The van der Waals surface area contributed by atoms with Crippen molar-refractivity contribution in [2.24, 2.45) is 0 Å². The van der Waals surface area contributed by atoms with Gasteiger partial charge in [0, 0.05) is 18.1 Å². The van der Waals surface area contributed by atoms with Gasteiger partial charge in [0.1, 0.15) is 5.01 Å². The second-order valence-corrected chi connectivity index (χ2v) is 6.45. The number of nitrogens with zero attached hydrogens (tertiary/aromatic N) is 1. The van der Waals surface area contributed by atoms with Crippen LogP contribution in [0.2, 0.25) is 0 Å². The molecule has 0 bridgehead atoms. The molecular formula is C10H11BrN2S2. The van der Waals surface area contributed by atoms with Gasteiger partial charge in [0.15, 0.2) is 0 Å². The average Bonchev–Trinajstić information content (AvgIpc) is 2.84. The highest BCUT2D eigenvalue weighted by Gasteiger charge is 2.07. The first-order chi connectivity index (χ1) is 7.25. The molecule has 80 valence electrons. The first kappa shape index (κ1) is 11.3. The Bertz CT molecular complexity index is 411. The topological polar surface area (TPSA) is 24.9 Å². The molecule has 1 atom stereocenters. The number of nitrogens with one attached hydrogen (secondary N) is 1. The molecule has 2 rings (SSSR count). The average molecular weight is 303 g/mol. The van der Waals surface area contributed by atoms with Crippen molar-refractivity contribution in [1.29, 1.82) is 0 Å². The molecule has 0 aliphatic carbocycles. The van der Waals surface area contributed by atoms with E-state index in [1.807, 2.05) is 11.6 Å². The summed E-state index contributed by atoms with van der Waals surface area (Å²) in [4.78, 5) is 4.28. The summed E-state index contributed by atoms with van der Waals surface area (Å²) >= 11 is 6.87. The summed E-state index contributed by atoms with van der Waals surface area (Å²) in [7, 11) is 0. The molecule has 0 saturated carbocycles. The lowest BCUT2D eigenvalue weighted by molar-refractivity contribution is 0.572. The van der Waals surface area contributed by atoms with Crippen LogP contribution in [0.15, 0.2) is 26.8 Å². The molecule has 2 aromatic heterocycles. The predicted molar refractivity (Wildman–Crippen MR) is 69.4 cm³/mol. The Hall–Kier alpha value is -0.230. The van der Waals surface area contributed by atoms with Crippen molar-refractivity contribution in [1.82, 2.24) is 10.3 Å². The highest BCUT2D eigenvalue weighted by atomic mass is 79.9. The Morgan fingerprint density at radius 3 is 3.00 bits per heavy atom. The molecule has 0 aliphatic heterocycles. The predicted octanol–water partition coefficient (Wildman–Crippen LogP) is 3.82. The van der Waals surface area contributed by atoms with E-state index in [9.17, 15) is 0 Å². The second-order valence-electron chi connectivity index (χ2n) is 3.23. The zero-order valence-electron chi connectivity index (χ0n) is 8.24. The van der Waals surface area contributed by atoms with Gasteiger partial charge in [0.25, 0.3) is 0 Å². The summed E-state index contributed by atoms with van der Waals surface area (Å²) in [5.41, 5.74) is 1.32. The molecule has 0 aromatic carbocycles. The molecule has 0 amide bonds. The van der Waals surface area contributed by atoms with Crippen LogP contribution in [0.1, 0.15) is 23.5 Å². The normalized spacial score (nSPS) is 12.9. The van der Waals surface area contributed by atoms with E-state index in [1.165, 1.54) is 9.35 Å². The van der Waals surface area contributed by atoms with Crippen LogP contribution in [-0.2, 0) is 6.54 Å².